The predicted octanol–water partition coefficient (Wildman–Crippen LogP) is 2.27. The number of sulfone groups is 1. The van der Waals surface area contributed by atoms with Crippen LogP contribution in [0.4, 0.5) is 0 Å². The first kappa shape index (κ1) is 17.6. The van der Waals surface area contributed by atoms with Gasteiger partial charge in [-0.2, -0.15) is 4.98 Å². The van der Waals surface area contributed by atoms with E-state index in [1.54, 1.807) is 24.3 Å². The third-order valence-electron chi connectivity index (χ3n) is 3.39. The molecule has 0 saturated heterocycles. The molecule has 2 rings (SSSR count). The number of nitrogens with zero attached hydrogens (tertiary/aromatic N) is 2. The molecule has 1 N–H and O–H groups in total. The number of aliphatic hydroxyl groups excluding tert-OH is 1. The smallest absolute Gasteiger partial charge is 0.241 e. The second-order valence-electron chi connectivity index (χ2n) is 6.04. The summed E-state index contributed by atoms with van der Waals surface area (Å²) in [5.74, 6) is 0.862. The van der Waals surface area contributed by atoms with Crippen molar-refractivity contribution in [3.63, 3.8) is 0 Å². The average molecular weight is 338 g/mol. The first-order valence-corrected chi connectivity index (χ1v) is 9.40. The molecule has 0 spiro atoms. The fourth-order valence-corrected chi connectivity index (χ4v) is 3.40. The van der Waals surface area contributed by atoms with E-state index in [0.717, 1.165) is 12.0 Å². The van der Waals surface area contributed by atoms with Gasteiger partial charge in [-0.3, -0.25) is 0 Å². The molecule has 1 aromatic heterocycles. The molecule has 0 fully saturated rings. The standard InChI is InChI=1S/C16H22N2O4S/c1-12(2)3-8-15-17-16(22-18-15)11-23(20,21)10-14-6-4-13(9-19)5-7-14/h4-7,12,19H,3,8-11H2,1-2H3. The maximum absolute atomic E-state index is 12.2. The fraction of sp³-hybridized carbons (Fsp3) is 0.500. The second-order valence-corrected chi connectivity index (χ2v) is 8.11. The lowest BCUT2D eigenvalue weighted by Gasteiger charge is -2.03. The Morgan fingerprint density at radius 2 is 1.78 bits per heavy atom. The van der Waals surface area contributed by atoms with Gasteiger partial charge in [0.15, 0.2) is 15.7 Å². The number of rotatable bonds is 8. The van der Waals surface area contributed by atoms with Crippen LogP contribution >= 0.6 is 0 Å². The van der Waals surface area contributed by atoms with Crippen molar-refractivity contribution in [2.75, 3.05) is 0 Å². The van der Waals surface area contributed by atoms with Gasteiger partial charge < -0.3 is 9.63 Å². The molecule has 0 aliphatic rings. The van der Waals surface area contributed by atoms with Crippen LogP contribution < -0.4 is 0 Å². The summed E-state index contributed by atoms with van der Waals surface area (Å²) in [5.41, 5.74) is 1.42. The Kier molecular flexibility index (Phi) is 5.90. The van der Waals surface area contributed by atoms with E-state index in [2.05, 4.69) is 24.0 Å². The topological polar surface area (TPSA) is 93.3 Å². The van der Waals surface area contributed by atoms with Crippen molar-refractivity contribution >= 4 is 9.84 Å². The van der Waals surface area contributed by atoms with Crippen molar-refractivity contribution in [3.8, 4) is 0 Å². The minimum Gasteiger partial charge on any atom is -0.392 e. The number of hydrogen-bond acceptors (Lipinski definition) is 6. The first-order valence-electron chi connectivity index (χ1n) is 7.58. The van der Waals surface area contributed by atoms with Crippen LogP contribution in [0, 0.1) is 5.92 Å². The van der Waals surface area contributed by atoms with Gasteiger partial charge in [0, 0.05) is 6.42 Å². The summed E-state index contributed by atoms with van der Waals surface area (Å²) in [5, 5.41) is 12.8. The lowest BCUT2D eigenvalue weighted by atomic mass is 10.1. The molecule has 0 bridgehead atoms. The first-order chi connectivity index (χ1) is 10.9. The normalized spacial score (nSPS) is 12.0. The van der Waals surface area contributed by atoms with Gasteiger partial charge in [0.1, 0.15) is 5.75 Å². The minimum absolute atomic E-state index is 0.0613. The summed E-state index contributed by atoms with van der Waals surface area (Å²) in [6, 6.07) is 6.82. The van der Waals surface area contributed by atoms with Crippen molar-refractivity contribution in [1.82, 2.24) is 10.1 Å². The molecule has 0 radical (unpaired) electrons. The van der Waals surface area contributed by atoms with Crippen LogP contribution in [0.2, 0.25) is 0 Å². The molecule has 23 heavy (non-hydrogen) atoms. The van der Waals surface area contributed by atoms with E-state index in [0.29, 0.717) is 23.7 Å². The summed E-state index contributed by atoms with van der Waals surface area (Å²) in [6.45, 7) is 4.15. The van der Waals surface area contributed by atoms with Crippen molar-refractivity contribution in [1.29, 1.82) is 0 Å². The highest BCUT2D eigenvalue weighted by Gasteiger charge is 2.18. The Hall–Kier alpha value is -1.73. The minimum atomic E-state index is -3.38. The lowest BCUT2D eigenvalue weighted by Crippen LogP contribution is -2.08. The Bertz CT molecular complexity index is 721. The molecule has 0 amide bonds. The number of aryl methyl sites for hydroxylation is 1. The highest BCUT2D eigenvalue weighted by Crippen LogP contribution is 2.13. The number of aliphatic hydroxyl groups is 1. The van der Waals surface area contributed by atoms with Gasteiger partial charge in [0.25, 0.3) is 0 Å². The lowest BCUT2D eigenvalue weighted by molar-refractivity contribution is 0.282. The molecule has 6 nitrogen and oxygen atoms in total. The van der Waals surface area contributed by atoms with Crippen LogP contribution in [0.5, 0.6) is 0 Å². The number of benzene rings is 1. The van der Waals surface area contributed by atoms with Gasteiger partial charge >= 0.3 is 0 Å². The van der Waals surface area contributed by atoms with Crippen molar-refractivity contribution in [2.24, 2.45) is 5.92 Å². The zero-order valence-corrected chi connectivity index (χ0v) is 14.2. The van der Waals surface area contributed by atoms with Gasteiger partial charge in [-0.15, -0.1) is 0 Å². The maximum atomic E-state index is 12.2. The molecule has 2 aromatic rings. The third kappa shape index (κ3) is 5.76. The van der Waals surface area contributed by atoms with Crippen LogP contribution in [0.25, 0.3) is 0 Å². The van der Waals surface area contributed by atoms with Crippen LogP contribution in [-0.2, 0) is 34.4 Å². The molecule has 0 atom stereocenters. The molecule has 1 heterocycles. The van der Waals surface area contributed by atoms with E-state index >= 15 is 0 Å². The van der Waals surface area contributed by atoms with E-state index in [1.165, 1.54) is 0 Å². The summed E-state index contributed by atoms with van der Waals surface area (Å²) >= 11 is 0. The van der Waals surface area contributed by atoms with Gasteiger partial charge in [0.2, 0.25) is 5.89 Å². The molecular formula is C16H22N2O4S. The average Bonchev–Trinajstić information content (AvgIpc) is 2.92. The third-order valence-corrected chi connectivity index (χ3v) is 4.85. The van der Waals surface area contributed by atoms with Crippen LogP contribution in [0.1, 0.15) is 43.1 Å². The molecule has 0 unspecified atom stereocenters. The SMILES string of the molecule is CC(C)CCc1noc(CS(=O)(=O)Cc2ccc(CO)cc2)n1. The maximum Gasteiger partial charge on any atom is 0.241 e. The fourth-order valence-electron chi connectivity index (χ4n) is 2.10. The van der Waals surface area contributed by atoms with Crippen molar-refractivity contribution < 1.29 is 18.0 Å². The molecule has 0 aliphatic heterocycles. The van der Waals surface area contributed by atoms with E-state index < -0.39 is 9.84 Å². The number of aromatic nitrogens is 2. The van der Waals surface area contributed by atoms with E-state index in [4.69, 9.17) is 9.63 Å². The van der Waals surface area contributed by atoms with Gasteiger partial charge in [0.05, 0.1) is 12.4 Å². The van der Waals surface area contributed by atoms with Crippen LogP contribution in [0.15, 0.2) is 28.8 Å². The van der Waals surface area contributed by atoms with E-state index in [-0.39, 0.29) is 24.0 Å². The van der Waals surface area contributed by atoms with Crippen LogP contribution in [0.3, 0.4) is 0 Å². The monoisotopic (exact) mass is 338 g/mol. The molecule has 7 heteroatoms. The summed E-state index contributed by atoms with van der Waals surface area (Å²) in [6.07, 6.45) is 1.62. The number of hydrogen-bond donors (Lipinski definition) is 1. The molecular weight excluding hydrogens is 316 g/mol. The highest BCUT2D eigenvalue weighted by atomic mass is 32.2. The predicted molar refractivity (Wildman–Crippen MR) is 86.1 cm³/mol. The Morgan fingerprint density at radius 1 is 1.13 bits per heavy atom. The Morgan fingerprint density at radius 3 is 2.39 bits per heavy atom. The largest absolute Gasteiger partial charge is 0.392 e. The quantitative estimate of drug-likeness (QED) is 0.793. The van der Waals surface area contributed by atoms with Crippen LogP contribution in [-0.4, -0.2) is 23.7 Å². The van der Waals surface area contributed by atoms with Gasteiger partial charge in [-0.1, -0.05) is 43.3 Å². The zero-order valence-electron chi connectivity index (χ0n) is 13.4. The summed E-state index contributed by atoms with van der Waals surface area (Å²) in [4.78, 5) is 4.15. The van der Waals surface area contributed by atoms with Gasteiger partial charge in [-0.25, -0.2) is 8.42 Å². The van der Waals surface area contributed by atoms with Crippen molar-refractivity contribution in [3.05, 3.63) is 47.1 Å². The Labute approximate surface area is 136 Å². The van der Waals surface area contributed by atoms with Gasteiger partial charge in [-0.05, 0) is 23.5 Å². The molecule has 0 saturated carbocycles. The Balaban J connectivity index is 1.97. The second kappa shape index (κ2) is 7.70. The highest BCUT2D eigenvalue weighted by molar-refractivity contribution is 7.89. The molecule has 1 aromatic carbocycles. The van der Waals surface area contributed by atoms with E-state index in [1.807, 2.05) is 0 Å². The summed E-state index contributed by atoms with van der Waals surface area (Å²) < 4.78 is 29.5. The summed E-state index contributed by atoms with van der Waals surface area (Å²) in [7, 11) is -3.38. The zero-order chi connectivity index (χ0) is 16.9. The molecule has 126 valence electrons. The molecule has 0 aliphatic carbocycles. The van der Waals surface area contributed by atoms with E-state index in [9.17, 15) is 8.42 Å². The van der Waals surface area contributed by atoms with Crippen molar-refractivity contribution in [2.45, 2.75) is 44.8 Å².